The number of aromatic amines is 1. The summed E-state index contributed by atoms with van der Waals surface area (Å²) >= 11 is 0. The van der Waals surface area contributed by atoms with E-state index in [1.54, 1.807) is 38.2 Å². The number of ether oxygens (including phenoxy) is 1. The minimum absolute atomic E-state index is 0.0528. The summed E-state index contributed by atoms with van der Waals surface area (Å²) in [5.74, 6) is -2.08. The number of ketones is 1. The molecule has 0 spiro atoms. The number of benzene rings is 1. The van der Waals surface area contributed by atoms with Gasteiger partial charge >= 0.3 is 12.2 Å². The van der Waals surface area contributed by atoms with Crippen molar-refractivity contribution in [3.63, 3.8) is 0 Å². The molecule has 0 bridgehead atoms. The third-order valence-corrected chi connectivity index (χ3v) is 4.45. The summed E-state index contributed by atoms with van der Waals surface area (Å²) in [5.41, 5.74) is 10.2. The van der Waals surface area contributed by atoms with Crippen LogP contribution < -0.4 is 5.32 Å². The van der Waals surface area contributed by atoms with Crippen LogP contribution in [-0.2, 0) is 25.5 Å². The summed E-state index contributed by atoms with van der Waals surface area (Å²) in [7, 11) is 0. The van der Waals surface area contributed by atoms with E-state index in [4.69, 9.17) is 15.5 Å². The number of amides is 1. The van der Waals surface area contributed by atoms with Crippen LogP contribution in [0.4, 0.5) is 0 Å². The second-order valence-corrected chi connectivity index (χ2v) is 7.20. The molecule has 0 saturated carbocycles. The van der Waals surface area contributed by atoms with Gasteiger partial charge < -0.3 is 25.7 Å². The lowest BCUT2D eigenvalue weighted by atomic mass is 10.0. The van der Waals surface area contributed by atoms with Gasteiger partial charge in [0.05, 0.1) is 17.7 Å². The number of aliphatic hydroxyl groups excluding tert-OH is 1. The predicted molar refractivity (Wildman–Crippen MR) is 110 cm³/mol. The van der Waals surface area contributed by atoms with Crippen LogP contribution in [0.5, 0.6) is 0 Å². The third kappa shape index (κ3) is 6.60. The average Bonchev–Trinajstić information content (AvgIpc) is 3.12. The Morgan fingerprint density at radius 2 is 2.13 bits per heavy atom. The Labute approximate surface area is 178 Å². The molecule has 2 aromatic rings. The van der Waals surface area contributed by atoms with Crippen molar-refractivity contribution in [1.29, 1.82) is 5.26 Å². The standard InChI is InChI=1S/C21H23N5O5/c1-12(2)31-21(30)18(6-4-15(27)11-25-23)26-20(29)19(28)8-14-10-24-17-5-3-13(9-22)7-16(14)17/h3,5,7,10-12,18-19,24,28H,4,6,8H2,1-2H3,(H,26,29)/t18-,19-/m0/s1. The van der Waals surface area contributed by atoms with E-state index in [1.165, 1.54) is 0 Å². The maximum absolute atomic E-state index is 12.5. The van der Waals surface area contributed by atoms with Crippen molar-refractivity contribution in [3.05, 3.63) is 41.1 Å². The molecule has 0 fully saturated rings. The van der Waals surface area contributed by atoms with Crippen molar-refractivity contribution >= 4 is 34.8 Å². The van der Waals surface area contributed by atoms with Crippen LogP contribution in [0.3, 0.4) is 0 Å². The maximum atomic E-state index is 12.5. The van der Waals surface area contributed by atoms with Crippen LogP contribution in [-0.4, -0.2) is 57.0 Å². The number of nitrogens with zero attached hydrogens (tertiary/aromatic N) is 3. The molecule has 31 heavy (non-hydrogen) atoms. The van der Waals surface area contributed by atoms with Gasteiger partial charge in [-0.15, -0.1) is 0 Å². The van der Waals surface area contributed by atoms with E-state index in [-0.39, 0.29) is 19.3 Å². The Morgan fingerprint density at radius 1 is 1.39 bits per heavy atom. The number of aromatic nitrogens is 1. The van der Waals surface area contributed by atoms with E-state index in [1.807, 2.05) is 6.07 Å². The molecule has 0 aliphatic rings. The van der Waals surface area contributed by atoms with E-state index in [2.05, 4.69) is 15.1 Å². The van der Waals surface area contributed by atoms with Crippen LogP contribution in [0.25, 0.3) is 16.4 Å². The fourth-order valence-electron chi connectivity index (χ4n) is 2.96. The first-order chi connectivity index (χ1) is 14.7. The van der Waals surface area contributed by atoms with Gasteiger partial charge in [0, 0.05) is 29.9 Å². The van der Waals surface area contributed by atoms with Gasteiger partial charge in [0.1, 0.15) is 12.1 Å². The molecular weight excluding hydrogens is 402 g/mol. The summed E-state index contributed by atoms with van der Waals surface area (Å²) in [6.45, 7) is 3.28. The molecule has 1 aromatic carbocycles. The fourth-order valence-corrected chi connectivity index (χ4v) is 2.96. The van der Waals surface area contributed by atoms with E-state index in [0.29, 0.717) is 22.7 Å². The van der Waals surface area contributed by atoms with E-state index < -0.39 is 35.9 Å². The van der Waals surface area contributed by atoms with Crippen molar-refractivity contribution < 1.29 is 29.0 Å². The molecule has 3 N–H and O–H groups in total. The number of fused-ring (bicyclic) bond motifs is 1. The smallest absolute Gasteiger partial charge is 0.328 e. The lowest BCUT2D eigenvalue weighted by molar-refractivity contribution is -0.152. The number of carbonyl (C=O) groups is 3. The molecule has 10 heteroatoms. The third-order valence-electron chi connectivity index (χ3n) is 4.45. The van der Waals surface area contributed by atoms with Crippen molar-refractivity contribution in [2.45, 2.75) is 51.4 Å². The van der Waals surface area contributed by atoms with Crippen LogP contribution in [0.1, 0.15) is 37.8 Å². The first-order valence-corrected chi connectivity index (χ1v) is 9.64. The van der Waals surface area contributed by atoms with E-state index in [0.717, 1.165) is 5.52 Å². The van der Waals surface area contributed by atoms with Crippen molar-refractivity contribution in [2.75, 3.05) is 0 Å². The number of carbonyl (C=O) groups excluding carboxylic acids is 3. The molecule has 1 heterocycles. The lowest BCUT2D eigenvalue weighted by Gasteiger charge is -2.20. The fraction of sp³-hybridized carbons (Fsp3) is 0.381. The summed E-state index contributed by atoms with van der Waals surface area (Å²) in [5, 5.41) is 22.6. The van der Waals surface area contributed by atoms with Gasteiger partial charge in [0.25, 0.3) is 0 Å². The number of H-pyrrole nitrogens is 1. The Morgan fingerprint density at radius 3 is 2.77 bits per heavy atom. The zero-order valence-corrected chi connectivity index (χ0v) is 17.2. The summed E-state index contributed by atoms with van der Waals surface area (Å²) in [4.78, 5) is 42.0. The Kier molecular flexibility index (Phi) is 8.20. The Balaban J connectivity index is 2.10. The predicted octanol–water partition coefficient (Wildman–Crippen LogP) is 1.03. The number of nitrogens with one attached hydrogen (secondary N) is 2. The van der Waals surface area contributed by atoms with Crippen LogP contribution in [0.15, 0.2) is 24.4 Å². The largest absolute Gasteiger partial charge is 0.461 e. The minimum Gasteiger partial charge on any atom is -0.461 e. The molecule has 0 saturated heterocycles. The number of rotatable bonds is 10. The van der Waals surface area contributed by atoms with Crippen molar-refractivity contribution in [2.24, 2.45) is 0 Å². The number of Topliss-reactive ketones (excluding diaryl/α,β-unsaturated/α-hetero) is 1. The molecule has 2 rings (SSSR count). The molecule has 1 aromatic heterocycles. The minimum atomic E-state index is -1.48. The highest BCUT2D eigenvalue weighted by molar-refractivity contribution is 6.25. The SMILES string of the molecule is CC(C)OC(=O)[C@H](CCC(=O)C=[N+]=[N-])NC(=O)[C@@H](O)Cc1c[nH]c2ccc(C#N)cc12. The quantitative estimate of drug-likeness (QED) is 0.222. The van der Waals surface area contributed by atoms with Gasteiger partial charge in [-0.2, -0.15) is 10.1 Å². The van der Waals surface area contributed by atoms with Gasteiger partial charge in [0.15, 0.2) is 0 Å². The number of hydrogen-bond donors (Lipinski definition) is 3. The average molecular weight is 425 g/mol. The zero-order valence-electron chi connectivity index (χ0n) is 17.2. The molecule has 162 valence electrons. The number of aliphatic hydroxyl groups is 1. The number of esters is 1. The molecule has 0 radical (unpaired) electrons. The van der Waals surface area contributed by atoms with Gasteiger partial charge in [0.2, 0.25) is 11.7 Å². The first kappa shape index (κ1) is 23.5. The van der Waals surface area contributed by atoms with Crippen LogP contribution in [0.2, 0.25) is 0 Å². The van der Waals surface area contributed by atoms with Gasteiger partial charge in [-0.25, -0.2) is 4.79 Å². The molecule has 1 amide bonds. The summed E-state index contributed by atoms with van der Waals surface area (Å²) < 4.78 is 5.11. The van der Waals surface area contributed by atoms with Crippen LogP contribution >= 0.6 is 0 Å². The molecule has 0 aliphatic carbocycles. The highest BCUT2D eigenvalue weighted by Crippen LogP contribution is 2.21. The van der Waals surface area contributed by atoms with Gasteiger partial charge in [-0.05, 0) is 44.0 Å². The van der Waals surface area contributed by atoms with E-state index >= 15 is 0 Å². The molecule has 10 nitrogen and oxygen atoms in total. The monoisotopic (exact) mass is 425 g/mol. The molecular formula is C21H23N5O5. The highest BCUT2D eigenvalue weighted by Gasteiger charge is 2.27. The molecule has 0 aliphatic heterocycles. The van der Waals surface area contributed by atoms with Gasteiger partial charge in [-0.1, -0.05) is 0 Å². The van der Waals surface area contributed by atoms with Crippen LogP contribution in [0, 0.1) is 11.3 Å². The zero-order chi connectivity index (χ0) is 23.0. The van der Waals surface area contributed by atoms with Gasteiger partial charge in [-0.3, -0.25) is 9.59 Å². The lowest BCUT2D eigenvalue weighted by Crippen LogP contribution is -2.47. The highest BCUT2D eigenvalue weighted by atomic mass is 16.5. The number of nitriles is 1. The van der Waals surface area contributed by atoms with E-state index in [9.17, 15) is 19.5 Å². The molecule has 2 atom stereocenters. The van der Waals surface area contributed by atoms with Crippen molar-refractivity contribution in [3.8, 4) is 6.07 Å². The van der Waals surface area contributed by atoms with Crippen molar-refractivity contribution in [1.82, 2.24) is 10.3 Å². The Hall–Kier alpha value is -3.80. The second kappa shape index (κ2) is 10.8. The second-order valence-electron chi connectivity index (χ2n) is 7.20. The topological polar surface area (TPSA) is 169 Å². The number of hydrogen-bond acceptors (Lipinski definition) is 6. The Bertz CT molecular complexity index is 1060. The normalized spacial score (nSPS) is 12.5. The summed E-state index contributed by atoms with van der Waals surface area (Å²) in [6, 6.07) is 5.92. The summed E-state index contributed by atoms with van der Waals surface area (Å²) in [6.07, 6.45) is 0.114. The maximum Gasteiger partial charge on any atom is 0.328 e. The molecule has 0 unspecified atom stereocenters. The first-order valence-electron chi connectivity index (χ1n) is 9.64.